The molecule has 0 N–H and O–H groups in total. The lowest BCUT2D eigenvalue weighted by Gasteiger charge is -2.20. The summed E-state index contributed by atoms with van der Waals surface area (Å²) in [5.74, 6) is -1.55. The number of nitrogens with zero attached hydrogens (tertiary/aromatic N) is 2. The molecule has 0 fully saturated rings. The van der Waals surface area contributed by atoms with Gasteiger partial charge in [0.05, 0.1) is 0 Å². The minimum Gasteiger partial charge on any atom is -0.456 e. The average molecular weight is 1050 g/mol. The van der Waals surface area contributed by atoms with Crippen LogP contribution in [-0.4, -0.2) is 11.9 Å². The van der Waals surface area contributed by atoms with Crippen LogP contribution in [0.4, 0.5) is 0 Å². The topological polar surface area (TPSA) is 126 Å². The van der Waals surface area contributed by atoms with Gasteiger partial charge in [0, 0.05) is 34.1 Å². The zero-order valence-corrected chi connectivity index (χ0v) is 46.3. The summed E-state index contributed by atoms with van der Waals surface area (Å²) in [6.07, 6.45) is 5.60. The highest BCUT2D eigenvalue weighted by Gasteiger charge is 2.28. The van der Waals surface area contributed by atoms with E-state index in [1.807, 2.05) is 72.8 Å². The van der Waals surface area contributed by atoms with E-state index in [2.05, 4.69) is 132 Å². The molecule has 7 aromatic carbocycles. The number of nitriles is 2. The predicted molar refractivity (Wildman–Crippen MR) is 308 cm³/mol. The molecule has 0 saturated heterocycles. The lowest BCUT2D eigenvalue weighted by Crippen LogP contribution is -2.12. The number of hydrogen-bond acceptors (Lipinski definition) is 8. The van der Waals surface area contributed by atoms with Crippen molar-refractivity contribution in [2.75, 3.05) is 0 Å². The molecule has 0 aliphatic heterocycles. The van der Waals surface area contributed by atoms with E-state index in [4.69, 9.17) is 41.5 Å². The van der Waals surface area contributed by atoms with E-state index in [1.54, 1.807) is 12.2 Å². The summed E-state index contributed by atoms with van der Waals surface area (Å²) in [4.78, 5) is 27.5. The van der Waals surface area contributed by atoms with Gasteiger partial charge in [-0.05, 0) is 113 Å². The Morgan fingerprint density at radius 2 is 0.803 bits per heavy atom. The van der Waals surface area contributed by atoms with Crippen LogP contribution < -0.4 is 9.47 Å². The van der Waals surface area contributed by atoms with Crippen molar-refractivity contribution in [1.29, 1.82) is 10.5 Å². The lowest BCUT2D eigenvalue weighted by atomic mass is 9.84. The van der Waals surface area contributed by atoms with E-state index < -0.39 is 44.6 Å². The molecule has 0 spiro atoms. The molecule has 0 aliphatic carbocycles. The maximum absolute atomic E-state index is 13.8. The van der Waals surface area contributed by atoms with Crippen molar-refractivity contribution in [1.82, 2.24) is 0 Å². The fourth-order valence-corrected chi connectivity index (χ4v) is 9.76. The van der Waals surface area contributed by atoms with Crippen LogP contribution in [0.15, 0.2) is 130 Å². The van der Waals surface area contributed by atoms with Crippen LogP contribution >= 0.6 is 23.2 Å². The third kappa shape index (κ3) is 10.4. The van der Waals surface area contributed by atoms with Gasteiger partial charge in [0.1, 0.15) is 56.0 Å². The number of furan rings is 2. The highest BCUT2D eigenvalue weighted by atomic mass is 35.5. The first kappa shape index (κ1) is 53.0. The Morgan fingerprint density at radius 1 is 0.461 bits per heavy atom. The second kappa shape index (κ2) is 19.7. The van der Waals surface area contributed by atoms with Crippen molar-refractivity contribution >= 4 is 90.8 Å². The quantitative estimate of drug-likeness (QED) is 0.0836. The third-order valence-corrected chi connectivity index (χ3v) is 14.7. The summed E-state index contributed by atoms with van der Waals surface area (Å²) < 4.78 is 24.3. The maximum atomic E-state index is 13.8. The van der Waals surface area contributed by atoms with Crippen LogP contribution in [0.1, 0.15) is 128 Å². The molecule has 382 valence electrons. The van der Waals surface area contributed by atoms with Gasteiger partial charge in [-0.25, -0.2) is 9.59 Å². The van der Waals surface area contributed by atoms with E-state index in [-0.39, 0.29) is 21.7 Å². The molecule has 8 nitrogen and oxygen atoms in total. The SMILES string of the molecule is CC(C)(C)c1ccc(-c2cc3c(ccc4cc(C(C)(C)C)ccc43)o2)c(/C=C/C(=O)Oc2c(Cl)c(Cl)c(OC(=O)/C=C/c3cc(C(C)(C)C)ccc3-c3cc4c(ccc5cc(C(C)(C)C)ccc54)o3)c(C#N)c2C#N)c1. The van der Waals surface area contributed by atoms with Crippen LogP contribution in [0.5, 0.6) is 11.5 Å². The molecule has 10 heteroatoms. The Hall–Kier alpha value is -7.88. The highest BCUT2D eigenvalue weighted by Crippen LogP contribution is 2.46. The van der Waals surface area contributed by atoms with Gasteiger partial charge in [-0.3, -0.25) is 0 Å². The maximum Gasteiger partial charge on any atom is 0.336 e. The summed E-state index contributed by atoms with van der Waals surface area (Å²) in [6.45, 7) is 25.7. The standard InChI is InChI=1S/C66H58Cl2N2O6/c1-63(2,3)41-17-21-45-37(29-41)13-25-53-49(45)33-55(73-53)47-23-19-43(65(7,8)9)31-39(47)15-27-57(71)75-61-51(35-69)52(36-70)62(60(68)59(61)67)76-58(72)28-16-40-32-44(66(10,11)12)20-24-48(40)56-34-50-46-22-18-42(64(4,5)6)30-38(46)14-26-54(50)74-56/h13-34H,1-12H3/b27-15+,28-16+. The molecule has 9 rings (SSSR count). The van der Waals surface area contributed by atoms with Gasteiger partial charge in [-0.2, -0.15) is 10.5 Å². The lowest BCUT2D eigenvalue weighted by molar-refractivity contribution is -0.130. The Labute approximate surface area is 453 Å². The summed E-state index contributed by atoms with van der Waals surface area (Å²) in [7, 11) is 0. The average Bonchev–Trinajstić information content (AvgIpc) is 4.03. The molecular weight excluding hydrogens is 988 g/mol. The van der Waals surface area contributed by atoms with Crippen molar-refractivity contribution in [2.24, 2.45) is 0 Å². The van der Waals surface area contributed by atoms with Gasteiger partial charge in [0.15, 0.2) is 11.5 Å². The Morgan fingerprint density at radius 3 is 1.14 bits per heavy atom. The van der Waals surface area contributed by atoms with E-state index in [1.165, 1.54) is 23.3 Å². The number of rotatable bonds is 8. The number of halogens is 2. The molecule has 0 atom stereocenters. The van der Waals surface area contributed by atoms with Gasteiger partial charge in [-0.15, -0.1) is 0 Å². The van der Waals surface area contributed by atoms with Crippen LogP contribution in [0.2, 0.25) is 10.0 Å². The fraction of sp³-hybridized carbons (Fsp3) is 0.242. The zero-order chi connectivity index (χ0) is 54.8. The number of fused-ring (bicyclic) bond motifs is 6. The van der Waals surface area contributed by atoms with Gasteiger partial charge < -0.3 is 18.3 Å². The Bertz CT molecular complexity index is 3750. The minimum atomic E-state index is -0.913. The van der Waals surface area contributed by atoms with Crippen molar-refractivity contribution < 1.29 is 27.9 Å². The first-order chi connectivity index (χ1) is 35.7. The summed E-state index contributed by atoms with van der Waals surface area (Å²) >= 11 is 13.5. The second-order valence-electron chi connectivity index (χ2n) is 23.4. The molecule has 76 heavy (non-hydrogen) atoms. The number of ether oxygens (including phenoxy) is 2. The number of benzene rings is 7. The first-order valence-electron chi connectivity index (χ1n) is 25.1. The molecule has 0 saturated carbocycles. The Kier molecular flexibility index (Phi) is 13.7. The fourth-order valence-electron chi connectivity index (χ4n) is 9.32. The minimum absolute atomic E-state index is 0.00970. The van der Waals surface area contributed by atoms with E-state index in [9.17, 15) is 20.1 Å². The first-order valence-corrected chi connectivity index (χ1v) is 25.9. The van der Waals surface area contributed by atoms with Crippen LogP contribution in [-0.2, 0) is 31.2 Å². The van der Waals surface area contributed by atoms with Crippen molar-refractivity contribution in [2.45, 2.75) is 105 Å². The smallest absolute Gasteiger partial charge is 0.336 e. The number of carbonyl (C=O) groups is 2. The number of carbonyl (C=O) groups excluding carboxylic acids is 2. The molecule has 0 bridgehead atoms. The van der Waals surface area contributed by atoms with Gasteiger partial charge in [-0.1, -0.05) is 191 Å². The second-order valence-corrected chi connectivity index (χ2v) is 24.2. The molecule has 9 aromatic rings. The third-order valence-electron chi connectivity index (χ3n) is 13.9. The van der Waals surface area contributed by atoms with E-state index in [0.717, 1.165) is 65.7 Å². The van der Waals surface area contributed by atoms with Crippen LogP contribution in [0.3, 0.4) is 0 Å². The van der Waals surface area contributed by atoms with Gasteiger partial charge in [0.25, 0.3) is 0 Å². The van der Waals surface area contributed by atoms with Gasteiger partial charge in [0.2, 0.25) is 0 Å². The highest BCUT2D eigenvalue weighted by molar-refractivity contribution is 6.44. The summed E-state index contributed by atoms with van der Waals surface area (Å²) in [5.41, 5.74) is 7.33. The van der Waals surface area contributed by atoms with Crippen molar-refractivity contribution in [3.8, 4) is 46.3 Å². The molecule has 2 aromatic heterocycles. The largest absolute Gasteiger partial charge is 0.456 e. The van der Waals surface area contributed by atoms with Crippen LogP contribution in [0, 0.1) is 22.7 Å². The number of esters is 2. The summed E-state index contributed by atoms with van der Waals surface area (Å²) in [5, 5.41) is 26.3. The van der Waals surface area contributed by atoms with Crippen LogP contribution in [0.25, 0.3) is 78.3 Å². The van der Waals surface area contributed by atoms with E-state index in [0.29, 0.717) is 22.6 Å². The monoisotopic (exact) mass is 1040 g/mol. The number of hydrogen-bond donors (Lipinski definition) is 0. The molecular formula is C66H58Cl2N2O6. The van der Waals surface area contributed by atoms with Crippen molar-refractivity contribution in [3.05, 3.63) is 176 Å². The molecule has 0 aliphatic rings. The predicted octanol–water partition coefficient (Wildman–Crippen LogP) is 18.3. The van der Waals surface area contributed by atoms with Gasteiger partial charge >= 0.3 is 11.9 Å². The summed E-state index contributed by atoms with van der Waals surface area (Å²) in [6, 6.07) is 40.9. The molecule has 0 amide bonds. The molecule has 0 unspecified atom stereocenters. The Balaban J connectivity index is 1.00. The van der Waals surface area contributed by atoms with Crippen molar-refractivity contribution in [3.63, 3.8) is 0 Å². The molecule has 0 radical (unpaired) electrons. The van der Waals surface area contributed by atoms with E-state index >= 15 is 0 Å². The normalized spacial score (nSPS) is 12.6. The zero-order valence-electron chi connectivity index (χ0n) is 44.8. The molecule has 2 heterocycles.